The van der Waals surface area contributed by atoms with Crippen LogP contribution in [0.5, 0.6) is 0 Å². The van der Waals surface area contributed by atoms with E-state index in [0.29, 0.717) is 0 Å². The minimum atomic E-state index is 0.741. The minimum Gasteiger partial charge on any atom is -0.378 e. The molecule has 2 aromatic carbocycles. The van der Waals surface area contributed by atoms with E-state index in [-0.39, 0.29) is 0 Å². The molecule has 3 nitrogen and oxygen atoms in total. The highest BCUT2D eigenvalue weighted by atomic mass is 16.5. The lowest BCUT2D eigenvalue weighted by atomic mass is 9.93. The van der Waals surface area contributed by atoms with Crippen molar-refractivity contribution in [1.82, 2.24) is 0 Å². The Morgan fingerprint density at radius 3 is 2.61 bits per heavy atom. The predicted molar refractivity (Wildman–Crippen MR) is 91.7 cm³/mol. The smallest absolute Gasteiger partial charge is 0.101 e. The SMILES string of the molecule is N#Cc1ccc2c(c1N1CCOCC1)CCCc1ccccc1-2. The van der Waals surface area contributed by atoms with Gasteiger partial charge in [0.15, 0.2) is 0 Å². The number of nitrogens with zero attached hydrogens (tertiary/aromatic N) is 2. The molecule has 0 bridgehead atoms. The molecule has 1 aliphatic carbocycles. The van der Waals surface area contributed by atoms with Gasteiger partial charge in [-0.15, -0.1) is 0 Å². The summed E-state index contributed by atoms with van der Waals surface area (Å²) in [5, 5.41) is 9.61. The molecule has 0 N–H and O–H groups in total. The third-order valence-electron chi connectivity index (χ3n) is 4.91. The maximum absolute atomic E-state index is 9.61. The zero-order chi connectivity index (χ0) is 15.6. The van der Waals surface area contributed by atoms with Gasteiger partial charge in [-0.05, 0) is 47.6 Å². The van der Waals surface area contributed by atoms with Gasteiger partial charge in [0.2, 0.25) is 0 Å². The fourth-order valence-electron chi connectivity index (χ4n) is 3.84. The van der Waals surface area contributed by atoms with Gasteiger partial charge in [0.1, 0.15) is 6.07 Å². The van der Waals surface area contributed by atoms with Crippen LogP contribution >= 0.6 is 0 Å². The largest absolute Gasteiger partial charge is 0.378 e. The number of nitriles is 1. The molecule has 1 heterocycles. The molecule has 2 aromatic rings. The van der Waals surface area contributed by atoms with Crippen molar-refractivity contribution >= 4 is 5.69 Å². The molecule has 116 valence electrons. The maximum atomic E-state index is 9.61. The van der Waals surface area contributed by atoms with Gasteiger partial charge in [0.05, 0.1) is 24.5 Å². The molecule has 0 spiro atoms. The summed E-state index contributed by atoms with van der Waals surface area (Å²) in [5.41, 5.74) is 7.34. The Balaban J connectivity index is 1.92. The van der Waals surface area contributed by atoms with Crippen LogP contribution in [0.15, 0.2) is 36.4 Å². The molecule has 0 saturated carbocycles. The van der Waals surface area contributed by atoms with E-state index >= 15 is 0 Å². The quantitative estimate of drug-likeness (QED) is 0.808. The Kier molecular flexibility index (Phi) is 3.77. The van der Waals surface area contributed by atoms with Crippen LogP contribution in [0.25, 0.3) is 11.1 Å². The van der Waals surface area contributed by atoms with Crippen LogP contribution in [0.2, 0.25) is 0 Å². The molecule has 0 amide bonds. The van der Waals surface area contributed by atoms with E-state index < -0.39 is 0 Å². The van der Waals surface area contributed by atoms with Crippen LogP contribution in [0.3, 0.4) is 0 Å². The molecular weight excluding hydrogens is 284 g/mol. The van der Waals surface area contributed by atoms with Crippen molar-refractivity contribution in [1.29, 1.82) is 5.26 Å². The highest BCUT2D eigenvalue weighted by molar-refractivity contribution is 5.80. The molecule has 1 aliphatic heterocycles. The lowest BCUT2D eigenvalue weighted by Crippen LogP contribution is -2.37. The lowest BCUT2D eigenvalue weighted by Gasteiger charge is -2.32. The van der Waals surface area contributed by atoms with Crippen molar-refractivity contribution in [2.75, 3.05) is 31.2 Å². The molecule has 23 heavy (non-hydrogen) atoms. The van der Waals surface area contributed by atoms with Crippen molar-refractivity contribution in [3.63, 3.8) is 0 Å². The summed E-state index contributed by atoms with van der Waals surface area (Å²) in [6, 6.07) is 15.2. The molecule has 1 saturated heterocycles. The molecule has 0 radical (unpaired) electrons. The van der Waals surface area contributed by atoms with Crippen LogP contribution < -0.4 is 4.90 Å². The summed E-state index contributed by atoms with van der Waals surface area (Å²) in [7, 11) is 0. The number of aryl methyl sites for hydroxylation is 1. The lowest BCUT2D eigenvalue weighted by molar-refractivity contribution is 0.122. The van der Waals surface area contributed by atoms with Gasteiger partial charge in [-0.3, -0.25) is 0 Å². The van der Waals surface area contributed by atoms with Gasteiger partial charge in [0, 0.05) is 13.1 Å². The molecule has 1 fully saturated rings. The highest BCUT2D eigenvalue weighted by Gasteiger charge is 2.23. The van der Waals surface area contributed by atoms with Gasteiger partial charge in [-0.25, -0.2) is 0 Å². The first-order chi connectivity index (χ1) is 11.4. The Labute approximate surface area is 137 Å². The number of ether oxygens (including phenoxy) is 1. The number of rotatable bonds is 1. The zero-order valence-corrected chi connectivity index (χ0v) is 13.2. The van der Waals surface area contributed by atoms with Gasteiger partial charge in [-0.1, -0.05) is 30.3 Å². The molecule has 0 unspecified atom stereocenters. The Bertz CT molecular complexity index is 770. The minimum absolute atomic E-state index is 0.741. The first kappa shape index (κ1) is 14.3. The van der Waals surface area contributed by atoms with E-state index in [1.807, 2.05) is 6.07 Å². The first-order valence-electron chi connectivity index (χ1n) is 8.35. The second-order valence-corrected chi connectivity index (χ2v) is 6.21. The van der Waals surface area contributed by atoms with Crippen molar-refractivity contribution in [2.24, 2.45) is 0 Å². The van der Waals surface area contributed by atoms with Crippen molar-refractivity contribution in [3.8, 4) is 17.2 Å². The fraction of sp³-hybridized carbons (Fsp3) is 0.350. The second-order valence-electron chi connectivity index (χ2n) is 6.21. The van der Waals surface area contributed by atoms with Crippen LogP contribution in [0.1, 0.15) is 23.1 Å². The van der Waals surface area contributed by atoms with Crippen LogP contribution in [0.4, 0.5) is 5.69 Å². The molecule has 3 heteroatoms. The standard InChI is InChI=1S/C20H20N2O/c21-14-16-8-9-18-17-6-2-1-4-15(17)5-3-7-19(18)20(16)22-10-12-23-13-11-22/h1-2,4,6,8-9H,3,5,7,10-13H2. The highest BCUT2D eigenvalue weighted by Crippen LogP contribution is 2.39. The third-order valence-corrected chi connectivity index (χ3v) is 4.91. The summed E-state index contributed by atoms with van der Waals surface area (Å²) < 4.78 is 5.50. The monoisotopic (exact) mass is 304 g/mol. The second kappa shape index (κ2) is 6.06. The van der Waals surface area contributed by atoms with Crippen LogP contribution in [-0.4, -0.2) is 26.3 Å². The van der Waals surface area contributed by atoms with Crippen LogP contribution in [0, 0.1) is 11.3 Å². The summed E-state index contributed by atoms with van der Waals surface area (Å²) in [6.45, 7) is 3.22. The summed E-state index contributed by atoms with van der Waals surface area (Å²) in [6.07, 6.45) is 3.28. The Morgan fingerprint density at radius 2 is 1.78 bits per heavy atom. The van der Waals surface area contributed by atoms with Crippen LogP contribution in [-0.2, 0) is 17.6 Å². The van der Waals surface area contributed by atoms with E-state index in [2.05, 4.69) is 41.3 Å². The molecule has 0 atom stereocenters. The van der Waals surface area contributed by atoms with E-state index in [1.165, 1.54) is 22.3 Å². The Morgan fingerprint density at radius 1 is 0.957 bits per heavy atom. The van der Waals surface area contributed by atoms with E-state index in [4.69, 9.17) is 4.74 Å². The van der Waals surface area contributed by atoms with Crippen molar-refractivity contribution in [3.05, 3.63) is 53.1 Å². The average molecular weight is 304 g/mol. The maximum Gasteiger partial charge on any atom is 0.101 e. The third kappa shape index (κ3) is 2.50. The van der Waals surface area contributed by atoms with Crippen molar-refractivity contribution in [2.45, 2.75) is 19.3 Å². The van der Waals surface area contributed by atoms with E-state index in [0.717, 1.165) is 56.8 Å². The van der Waals surface area contributed by atoms with Gasteiger partial charge < -0.3 is 9.64 Å². The number of morpholine rings is 1. The van der Waals surface area contributed by atoms with Gasteiger partial charge in [0.25, 0.3) is 0 Å². The summed E-state index contributed by atoms with van der Waals surface area (Å²) in [5.74, 6) is 0. The van der Waals surface area contributed by atoms with E-state index in [1.54, 1.807) is 0 Å². The molecule has 4 rings (SSSR count). The zero-order valence-electron chi connectivity index (χ0n) is 13.2. The molecule has 0 aromatic heterocycles. The van der Waals surface area contributed by atoms with Gasteiger partial charge in [-0.2, -0.15) is 5.26 Å². The number of anilines is 1. The van der Waals surface area contributed by atoms with E-state index in [9.17, 15) is 5.26 Å². The summed E-state index contributed by atoms with van der Waals surface area (Å²) >= 11 is 0. The van der Waals surface area contributed by atoms with Crippen molar-refractivity contribution < 1.29 is 4.74 Å². The first-order valence-corrected chi connectivity index (χ1v) is 8.35. The number of fused-ring (bicyclic) bond motifs is 3. The normalized spacial score (nSPS) is 16.9. The predicted octanol–water partition coefficient (Wildman–Crippen LogP) is 3.55. The fourth-order valence-corrected chi connectivity index (χ4v) is 3.84. The molecular formula is C20H20N2O. The van der Waals surface area contributed by atoms with Gasteiger partial charge >= 0.3 is 0 Å². The molecule has 2 aliphatic rings. The summed E-state index contributed by atoms with van der Waals surface area (Å²) in [4.78, 5) is 2.34. The Hall–Kier alpha value is -2.31. The number of benzene rings is 2. The topological polar surface area (TPSA) is 36.3 Å². The number of hydrogen-bond donors (Lipinski definition) is 0. The number of hydrogen-bond acceptors (Lipinski definition) is 3. The average Bonchev–Trinajstić information content (AvgIpc) is 2.81.